The first kappa shape index (κ1) is 14.0. The van der Waals surface area contributed by atoms with Gasteiger partial charge in [0, 0.05) is 19.2 Å². The van der Waals surface area contributed by atoms with Gasteiger partial charge in [-0.15, -0.1) is 0 Å². The first-order valence-electron chi connectivity index (χ1n) is 6.85. The minimum absolute atomic E-state index is 0.304. The number of hydrogen-bond acceptors (Lipinski definition) is 6. The molecule has 1 fully saturated rings. The molecule has 1 unspecified atom stereocenters. The first-order chi connectivity index (χ1) is 9.35. The van der Waals surface area contributed by atoms with Crippen molar-refractivity contribution in [1.82, 2.24) is 15.3 Å². The van der Waals surface area contributed by atoms with Crippen LogP contribution in [0, 0.1) is 0 Å². The van der Waals surface area contributed by atoms with Crippen LogP contribution in [0.1, 0.15) is 13.8 Å². The van der Waals surface area contributed by atoms with Gasteiger partial charge < -0.3 is 19.7 Å². The summed E-state index contributed by atoms with van der Waals surface area (Å²) >= 11 is 0. The highest BCUT2D eigenvalue weighted by atomic mass is 16.5. The van der Waals surface area contributed by atoms with Crippen molar-refractivity contribution in [3.05, 3.63) is 12.4 Å². The lowest BCUT2D eigenvalue weighted by Crippen LogP contribution is -2.50. The number of rotatable bonds is 6. The number of morpholine rings is 1. The highest BCUT2D eigenvalue weighted by molar-refractivity contribution is 5.42. The second-order valence-electron chi connectivity index (χ2n) is 4.38. The van der Waals surface area contributed by atoms with Crippen molar-refractivity contribution in [2.45, 2.75) is 19.9 Å². The second kappa shape index (κ2) is 7.25. The molecule has 0 aliphatic carbocycles. The van der Waals surface area contributed by atoms with Crippen LogP contribution in [0.15, 0.2) is 12.4 Å². The topological polar surface area (TPSA) is 59.5 Å². The van der Waals surface area contributed by atoms with Crippen LogP contribution in [0.5, 0.6) is 5.88 Å². The van der Waals surface area contributed by atoms with Crippen molar-refractivity contribution >= 4 is 5.82 Å². The van der Waals surface area contributed by atoms with E-state index in [-0.39, 0.29) is 0 Å². The Morgan fingerprint density at radius 2 is 2.37 bits per heavy atom. The number of likely N-dealkylation sites (N-methyl/N-ethyl adjacent to an activating group) is 1. The van der Waals surface area contributed by atoms with Crippen LogP contribution in [0.2, 0.25) is 0 Å². The van der Waals surface area contributed by atoms with Crippen molar-refractivity contribution in [2.24, 2.45) is 0 Å². The summed E-state index contributed by atoms with van der Waals surface area (Å²) < 4.78 is 11.0. The zero-order valence-corrected chi connectivity index (χ0v) is 11.6. The molecule has 1 aromatic heterocycles. The Labute approximate surface area is 114 Å². The third-order valence-electron chi connectivity index (χ3n) is 3.07. The smallest absolute Gasteiger partial charge is 0.218 e. The summed E-state index contributed by atoms with van der Waals surface area (Å²) in [4.78, 5) is 10.7. The van der Waals surface area contributed by atoms with E-state index in [9.17, 15) is 0 Å². The molecule has 0 spiro atoms. The summed E-state index contributed by atoms with van der Waals surface area (Å²) in [6.45, 7) is 8.82. The third-order valence-corrected chi connectivity index (χ3v) is 3.07. The fourth-order valence-electron chi connectivity index (χ4n) is 2.15. The van der Waals surface area contributed by atoms with Gasteiger partial charge in [-0.1, -0.05) is 6.92 Å². The van der Waals surface area contributed by atoms with Crippen LogP contribution in [0.25, 0.3) is 0 Å². The monoisotopic (exact) mass is 266 g/mol. The molecule has 2 heterocycles. The van der Waals surface area contributed by atoms with Crippen molar-refractivity contribution < 1.29 is 9.47 Å². The van der Waals surface area contributed by atoms with Crippen LogP contribution >= 0.6 is 0 Å². The van der Waals surface area contributed by atoms with E-state index >= 15 is 0 Å². The van der Waals surface area contributed by atoms with Gasteiger partial charge in [0.1, 0.15) is 12.1 Å². The number of ether oxygens (including phenoxy) is 2. The Morgan fingerprint density at radius 3 is 3.16 bits per heavy atom. The molecule has 19 heavy (non-hydrogen) atoms. The van der Waals surface area contributed by atoms with E-state index in [1.807, 2.05) is 13.0 Å². The molecule has 0 saturated carbocycles. The first-order valence-corrected chi connectivity index (χ1v) is 6.85. The predicted octanol–water partition coefficient (Wildman–Crippen LogP) is 0.690. The Kier molecular flexibility index (Phi) is 5.35. The van der Waals surface area contributed by atoms with Crippen molar-refractivity contribution in [1.29, 1.82) is 0 Å². The fraction of sp³-hybridized carbons (Fsp3) is 0.692. The molecular weight excluding hydrogens is 244 g/mol. The molecule has 1 atom stereocenters. The van der Waals surface area contributed by atoms with E-state index in [2.05, 4.69) is 27.1 Å². The average molecular weight is 266 g/mol. The summed E-state index contributed by atoms with van der Waals surface area (Å²) in [6.07, 6.45) is 1.56. The van der Waals surface area contributed by atoms with Gasteiger partial charge in [0.25, 0.3) is 0 Å². The molecule has 1 aliphatic heterocycles. The fourth-order valence-corrected chi connectivity index (χ4v) is 2.15. The Hall–Kier alpha value is -1.40. The Bertz CT molecular complexity index is 389. The molecule has 6 heteroatoms. The van der Waals surface area contributed by atoms with Crippen LogP contribution < -0.4 is 15.0 Å². The number of nitrogens with one attached hydrogen (secondary N) is 1. The van der Waals surface area contributed by atoms with Gasteiger partial charge in [-0.05, 0) is 13.5 Å². The van der Waals surface area contributed by atoms with Crippen LogP contribution in [-0.4, -0.2) is 55.5 Å². The van der Waals surface area contributed by atoms with Gasteiger partial charge in [0.2, 0.25) is 5.88 Å². The second-order valence-corrected chi connectivity index (χ2v) is 4.38. The van der Waals surface area contributed by atoms with Crippen LogP contribution in [-0.2, 0) is 4.74 Å². The summed E-state index contributed by atoms with van der Waals surface area (Å²) in [5.41, 5.74) is 0. The number of hydrogen-bond donors (Lipinski definition) is 1. The van der Waals surface area contributed by atoms with Gasteiger partial charge in [-0.2, -0.15) is 0 Å². The normalized spacial score (nSPS) is 19.5. The molecule has 0 bridgehead atoms. The van der Waals surface area contributed by atoms with E-state index in [0.717, 1.165) is 38.7 Å². The lowest BCUT2D eigenvalue weighted by Gasteiger charge is -2.36. The van der Waals surface area contributed by atoms with E-state index in [4.69, 9.17) is 9.47 Å². The summed E-state index contributed by atoms with van der Waals surface area (Å²) in [6, 6.07) is 2.20. The van der Waals surface area contributed by atoms with Crippen LogP contribution in [0.4, 0.5) is 5.82 Å². The molecule has 2 rings (SSSR count). The Morgan fingerprint density at radius 1 is 1.47 bits per heavy atom. The summed E-state index contributed by atoms with van der Waals surface area (Å²) in [5.74, 6) is 1.53. The van der Waals surface area contributed by atoms with E-state index < -0.39 is 0 Å². The van der Waals surface area contributed by atoms with Gasteiger partial charge in [-0.3, -0.25) is 0 Å². The lowest BCUT2D eigenvalue weighted by atomic mass is 10.2. The van der Waals surface area contributed by atoms with Crippen LogP contribution in [0.3, 0.4) is 0 Å². The molecule has 0 aromatic carbocycles. The molecule has 0 radical (unpaired) electrons. The van der Waals surface area contributed by atoms with Gasteiger partial charge in [-0.25, -0.2) is 9.97 Å². The van der Waals surface area contributed by atoms with Crippen molar-refractivity contribution in [3.8, 4) is 5.88 Å². The molecular formula is C13H22N4O2. The van der Waals surface area contributed by atoms with Crippen molar-refractivity contribution in [3.63, 3.8) is 0 Å². The molecule has 0 amide bonds. The zero-order chi connectivity index (χ0) is 13.5. The SMILES string of the molecule is CCNCC1COCCN1c1cc(OCC)ncn1. The average Bonchev–Trinajstić information content (AvgIpc) is 2.46. The molecule has 1 aliphatic rings. The maximum Gasteiger partial charge on any atom is 0.218 e. The third kappa shape index (κ3) is 3.78. The minimum atomic E-state index is 0.304. The quantitative estimate of drug-likeness (QED) is 0.817. The molecule has 1 aromatic rings. The van der Waals surface area contributed by atoms with Crippen molar-refractivity contribution in [2.75, 3.05) is 44.4 Å². The van der Waals surface area contributed by atoms with E-state index in [1.165, 1.54) is 0 Å². The zero-order valence-electron chi connectivity index (χ0n) is 11.6. The molecule has 106 valence electrons. The molecule has 1 N–H and O–H groups in total. The minimum Gasteiger partial charge on any atom is -0.478 e. The number of aromatic nitrogens is 2. The largest absolute Gasteiger partial charge is 0.478 e. The van der Waals surface area contributed by atoms with E-state index in [1.54, 1.807) is 6.33 Å². The molecule has 1 saturated heterocycles. The Balaban J connectivity index is 2.09. The summed E-state index contributed by atoms with van der Waals surface area (Å²) in [7, 11) is 0. The number of nitrogens with zero attached hydrogens (tertiary/aromatic N) is 3. The highest BCUT2D eigenvalue weighted by Gasteiger charge is 2.24. The lowest BCUT2D eigenvalue weighted by molar-refractivity contribution is 0.0934. The maximum atomic E-state index is 5.55. The van der Waals surface area contributed by atoms with Gasteiger partial charge in [0.15, 0.2) is 0 Å². The number of anilines is 1. The highest BCUT2D eigenvalue weighted by Crippen LogP contribution is 2.20. The van der Waals surface area contributed by atoms with E-state index in [0.29, 0.717) is 18.5 Å². The summed E-state index contributed by atoms with van der Waals surface area (Å²) in [5, 5.41) is 3.36. The standard InChI is InChI=1S/C13H22N4O2/c1-3-14-8-11-9-18-6-5-17(11)12-7-13(19-4-2)16-10-15-12/h7,10-11,14H,3-6,8-9H2,1-2H3. The predicted molar refractivity (Wildman–Crippen MR) is 73.7 cm³/mol. The molecule has 6 nitrogen and oxygen atoms in total. The van der Waals surface area contributed by atoms with Gasteiger partial charge >= 0.3 is 0 Å². The maximum absolute atomic E-state index is 5.55. The van der Waals surface area contributed by atoms with Gasteiger partial charge in [0.05, 0.1) is 25.9 Å².